The second kappa shape index (κ2) is 7.44. The minimum absolute atomic E-state index is 0. The van der Waals surface area contributed by atoms with E-state index >= 15 is 0 Å². The monoisotopic (exact) mass is 167 g/mol. The van der Waals surface area contributed by atoms with Crippen LogP contribution in [-0.2, 0) is 16.5 Å². The summed E-state index contributed by atoms with van der Waals surface area (Å²) in [6.45, 7) is 2.08. The van der Waals surface area contributed by atoms with Gasteiger partial charge in [-0.15, -0.1) is 0 Å². The molecule has 1 aromatic carbocycles. The maximum absolute atomic E-state index is 7.25. The zero-order valence-corrected chi connectivity index (χ0v) is 5.97. The summed E-state index contributed by atoms with van der Waals surface area (Å²) >= 11 is 0. The van der Waals surface area contributed by atoms with Crippen molar-refractivity contribution in [2.24, 2.45) is 0 Å². The van der Waals surface area contributed by atoms with Crippen LogP contribution in [0.15, 0.2) is 24.3 Å². The fourth-order valence-electron chi connectivity index (χ4n) is 0.470. The summed E-state index contributed by atoms with van der Waals surface area (Å²) in [5.74, 6) is 0. The molecule has 0 saturated carbocycles. The van der Waals surface area contributed by atoms with Crippen LogP contribution in [0.1, 0.15) is 5.56 Å². The largest absolute Gasteiger partial charge is 0.577 e. The van der Waals surface area contributed by atoms with Gasteiger partial charge in [-0.1, -0.05) is 6.92 Å². The molecule has 0 spiro atoms. The molecule has 0 unspecified atom stereocenters. The van der Waals surface area contributed by atoms with Gasteiger partial charge in [0.25, 0.3) is 0 Å². The van der Waals surface area contributed by atoms with E-state index in [1.807, 2.05) is 12.1 Å². The van der Waals surface area contributed by atoms with Crippen LogP contribution >= 0.6 is 0 Å². The number of rotatable bonds is 0. The average Bonchev–Trinajstić information content (AvgIpc) is 2.24. The van der Waals surface area contributed by atoms with E-state index in [4.69, 9.17) is 10.5 Å². The van der Waals surface area contributed by atoms with E-state index in [0.29, 0.717) is 0 Å². The average molecular weight is 168 g/mol. The first-order valence-corrected chi connectivity index (χ1v) is 2.26. The van der Waals surface area contributed by atoms with Crippen LogP contribution in [-0.4, -0.2) is 0 Å². The van der Waals surface area contributed by atoms with Crippen LogP contribution in [0.4, 0.5) is 0 Å². The molecule has 54 valence electrons. The minimum atomic E-state index is 0. The Bertz CT molecular complexity index is 128. The Kier molecular flexibility index (Phi) is 9.32. The second-order valence-corrected chi connectivity index (χ2v) is 1.46. The van der Waals surface area contributed by atoms with Crippen LogP contribution in [0.5, 0.6) is 0 Å². The van der Waals surface area contributed by atoms with E-state index in [1.165, 1.54) is 5.56 Å². The van der Waals surface area contributed by atoms with Gasteiger partial charge in [0.05, 0.1) is 0 Å². The quantitative estimate of drug-likeness (QED) is 0.431. The van der Waals surface area contributed by atoms with E-state index in [9.17, 15) is 0 Å². The fraction of sp³-hybridized carbons (Fsp3) is 0.167. The predicted octanol–water partition coefficient (Wildman–Crippen LogP) is 2.03. The van der Waals surface area contributed by atoms with E-state index in [-0.39, 0.29) is 16.5 Å². The molecular formula is C6H7NNiO-2. The third kappa shape index (κ3) is 5.31. The Labute approximate surface area is 64.3 Å². The van der Waals surface area contributed by atoms with Crippen LogP contribution in [0.2, 0.25) is 0 Å². The third-order valence-electron chi connectivity index (χ3n) is 0.829. The van der Waals surface area contributed by atoms with Crippen molar-refractivity contribution in [3.63, 3.8) is 0 Å². The maximum atomic E-state index is 7.25. The van der Waals surface area contributed by atoms with Gasteiger partial charge >= 0.3 is 0 Å². The molecule has 0 bridgehead atoms. The van der Waals surface area contributed by atoms with Crippen molar-refractivity contribution in [1.82, 2.24) is 0 Å². The summed E-state index contributed by atoms with van der Waals surface area (Å²) in [4.78, 5) is 7.25. The van der Waals surface area contributed by atoms with E-state index in [2.05, 4.69) is 19.1 Å². The summed E-state index contributed by atoms with van der Waals surface area (Å²) in [5, 5.41) is 0. The molecule has 0 aliphatic heterocycles. The summed E-state index contributed by atoms with van der Waals surface area (Å²) in [6, 6.07) is 8.24. The van der Waals surface area contributed by atoms with Gasteiger partial charge in [0.15, 0.2) is 0 Å². The van der Waals surface area contributed by atoms with Crippen LogP contribution in [0.25, 0.3) is 5.59 Å². The summed E-state index contributed by atoms with van der Waals surface area (Å²) in [5.41, 5.74) is 7.09. The molecular weight excluding hydrogens is 161 g/mol. The third-order valence-corrected chi connectivity index (χ3v) is 0.829. The molecule has 0 heterocycles. The molecule has 0 aromatic heterocycles. The van der Waals surface area contributed by atoms with Gasteiger partial charge in [-0.05, 0) is 0 Å². The number of nitrogens with zero attached hydrogens (tertiary/aromatic N) is 1. The number of nitroso groups, excluding NO2 is 1. The fourth-order valence-corrected chi connectivity index (χ4v) is 0.470. The van der Waals surface area contributed by atoms with Gasteiger partial charge in [-0.3, -0.25) is 0 Å². The first-order chi connectivity index (χ1) is 3.89. The predicted molar refractivity (Wildman–Crippen MR) is 33.5 cm³/mol. The Balaban J connectivity index is 0. The standard InChI is InChI=1S/C6H7.NO.Ni/c1-6-4-2-3-5-6;1-2;/h2-5H,1H3;;/q2*-1;. The summed E-state index contributed by atoms with van der Waals surface area (Å²) in [6.07, 6.45) is 0. The minimum Gasteiger partial charge on any atom is -0.577 e. The van der Waals surface area contributed by atoms with Crippen molar-refractivity contribution >= 4 is 0 Å². The van der Waals surface area contributed by atoms with E-state index < -0.39 is 0 Å². The first kappa shape index (κ1) is 11.3. The zero-order valence-electron chi connectivity index (χ0n) is 4.98. The Hall–Kier alpha value is -0.556. The molecule has 3 heteroatoms. The Morgan fingerprint density at radius 1 is 1.22 bits per heavy atom. The van der Waals surface area contributed by atoms with Gasteiger partial charge < -0.3 is 10.5 Å². The zero-order chi connectivity index (χ0) is 6.41. The molecule has 0 aliphatic carbocycles. The normalized spacial score (nSPS) is 6.33. The Morgan fingerprint density at radius 3 is 1.67 bits per heavy atom. The smallest absolute Gasteiger partial charge is 0 e. The maximum Gasteiger partial charge on any atom is 0 e. The van der Waals surface area contributed by atoms with Gasteiger partial charge in [0.1, 0.15) is 0 Å². The number of hydrogen-bond acceptors (Lipinski definition) is 1. The van der Waals surface area contributed by atoms with Gasteiger partial charge in [0.2, 0.25) is 0 Å². The SMILES string of the molecule is C[c-]1cccc1.[N-]=O.[Ni]. The summed E-state index contributed by atoms with van der Waals surface area (Å²) < 4.78 is 0. The van der Waals surface area contributed by atoms with Crippen molar-refractivity contribution < 1.29 is 16.5 Å². The van der Waals surface area contributed by atoms with Gasteiger partial charge in [-0.25, -0.2) is 12.1 Å². The first-order valence-electron chi connectivity index (χ1n) is 2.26. The molecule has 1 rings (SSSR count). The van der Waals surface area contributed by atoms with E-state index in [0.717, 1.165) is 0 Å². The second-order valence-electron chi connectivity index (χ2n) is 1.46. The number of hydrogen-bond donors (Lipinski definition) is 0. The van der Waals surface area contributed by atoms with E-state index in [1.54, 1.807) is 0 Å². The molecule has 0 amide bonds. The van der Waals surface area contributed by atoms with Crippen LogP contribution in [0.3, 0.4) is 0 Å². The molecule has 0 radical (unpaired) electrons. The molecule has 0 atom stereocenters. The molecule has 0 fully saturated rings. The van der Waals surface area contributed by atoms with Crippen molar-refractivity contribution in [3.8, 4) is 0 Å². The molecule has 0 aliphatic rings. The van der Waals surface area contributed by atoms with Crippen LogP contribution in [0, 0.1) is 11.8 Å². The van der Waals surface area contributed by atoms with Crippen LogP contribution < -0.4 is 0 Å². The van der Waals surface area contributed by atoms with Crippen molar-refractivity contribution in [2.75, 3.05) is 0 Å². The Morgan fingerprint density at radius 2 is 1.56 bits per heavy atom. The number of aryl methyl sites for hydroxylation is 1. The van der Waals surface area contributed by atoms with Gasteiger partial charge in [0, 0.05) is 16.5 Å². The van der Waals surface area contributed by atoms with Crippen molar-refractivity contribution in [2.45, 2.75) is 6.92 Å². The van der Waals surface area contributed by atoms with Crippen molar-refractivity contribution in [3.05, 3.63) is 40.3 Å². The van der Waals surface area contributed by atoms with Gasteiger partial charge in [-0.2, -0.15) is 17.7 Å². The topological polar surface area (TPSA) is 39.4 Å². The summed E-state index contributed by atoms with van der Waals surface area (Å²) in [7, 11) is 0. The molecule has 0 saturated heterocycles. The van der Waals surface area contributed by atoms with Crippen molar-refractivity contribution in [1.29, 1.82) is 0 Å². The molecule has 1 aromatic rings. The molecule has 2 nitrogen and oxygen atoms in total. The molecule has 9 heavy (non-hydrogen) atoms. The molecule has 0 N–H and O–H groups in total.